The van der Waals surface area contributed by atoms with Gasteiger partial charge in [0.15, 0.2) is 0 Å². The molecule has 0 saturated carbocycles. The Morgan fingerprint density at radius 3 is 2.67 bits per heavy atom. The van der Waals surface area contributed by atoms with Crippen LogP contribution in [0.1, 0.15) is 28.9 Å². The van der Waals surface area contributed by atoms with E-state index in [0.717, 1.165) is 5.56 Å². The first-order valence-corrected chi connectivity index (χ1v) is 7.86. The van der Waals surface area contributed by atoms with Crippen LogP contribution in [0.3, 0.4) is 0 Å². The van der Waals surface area contributed by atoms with Gasteiger partial charge in [-0.1, -0.05) is 23.7 Å². The number of benzene rings is 1. The number of amides is 1. The predicted octanol–water partition coefficient (Wildman–Crippen LogP) is 3.08. The lowest BCUT2D eigenvalue weighted by Gasteiger charge is -2.15. The lowest BCUT2D eigenvalue weighted by atomic mass is 10.1. The first-order valence-electron chi connectivity index (χ1n) is 7.48. The Morgan fingerprint density at radius 1 is 1.25 bits per heavy atom. The molecule has 122 valence electrons. The summed E-state index contributed by atoms with van der Waals surface area (Å²) in [4.78, 5) is 29.2. The van der Waals surface area contributed by atoms with E-state index < -0.39 is 5.91 Å². The zero-order valence-electron chi connectivity index (χ0n) is 13.3. The molecule has 0 saturated heterocycles. The topological polar surface area (TPSA) is 64.0 Å². The van der Waals surface area contributed by atoms with Gasteiger partial charge in [-0.05, 0) is 36.8 Å². The Balaban J connectivity index is 1.93. The Bertz CT molecular complexity index is 964. The van der Waals surface area contributed by atoms with Gasteiger partial charge in [-0.2, -0.15) is 0 Å². The van der Waals surface area contributed by atoms with E-state index in [0.29, 0.717) is 10.5 Å². The number of aryl methyl sites for hydroxylation is 1. The molecule has 1 N–H and O–H groups in total. The fraction of sp³-hybridized carbons (Fsp3) is 0.167. The first-order chi connectivity index (χ1) is 11.5. The van der Waals surface area contributed by atoms with Crippen molar-refractivity contribution in [3.8, 4) is 0 Å². The van der Waals surface area contributed by atoms with Crippen LogP contribution in [0.4, 0.5) is 0 Å². The third kappa shape index (κ3) is 3.03. The molecule has 0 aliphatic heterocycles. The number of fused-ring (bicyclic) bond motifs is 1. The van der Waals surface area contributed by atoms with Crippen molar-refractivity contribution in [1.29, 1.82) is 0 Å². The van der Waals surface area contributed by atoms with Crippen molar-refractivity contribution in [3.63, 3.8) is 0 Å². The molecule has 24 heavy (non-hydrogen) atoms. The van der Waals surface area contributed by atoms with Crippen LogP contribution in [0, 0.1) is 0 Å². The van der Waals surface area contributed by atoms with Gasteiger partial charge in [0, 0.05) is 24.5 Å². The van der Waals surface area contributed by atoms with E-state index in [1.54, 1.807) is 42.1 Å². The molecule has 0 unspecified atom stereocenters. The van der Waals surface area contributed by atoms with E-state index in [-0.39, 0.29) is 22.6 Å². The SMILES string of the molecule is C[C@@H](NC(=O)c1cn(C)c2cccnc2c1=O)c1ccc(Cl)cc1. The molecule has 0 radical (unpaired) electrons. The standard InChI is InChI=1S/C18H16ClN3O2/c1-11(12-5-7-13(19)8-6-12)21-18(24)14-10-22(2)15-4-3-9-20-16(15)17(14)23/h3-11H,1-2H3,(H,21,24)/t11-/m1/s1. The Labute approximate surface area is 143 Å². The van der Waals surface area contributed by atoms with Crippen molar-refractivity contribution in [1.82, 2.24) is 14.9 Å². The number of hydrogen-bond donors (Lipinski definition) is 1. The monoisotopic (exact) mass is 341 g/mol. The maximum atomic E-state index is 12.5. The average molecular weight is 342 g/mol. The van der Waals surface area contributed by atoms with E-state index in [4.69, 9.17) is 11.6 Å². The summed E-state index contributed by atoms with van der Waals surface area (Å²) < 4.78 is 1.73. The van der Waals surface area contributed by atoms with Gasteiger partial charge in [-0.15, -0.1) is 0 Å². The molecular formula is C18H16ClN3O2. The molecule has 2 aromatic heterocycles. The second kappa shape index (κ2) is 6.45. The Morgan fingerprint density at radius 2 is 1.96 bits per heavy atom. The van der Waals surface area contributed by atoms with Crippen molar-refractivity contribution >= 4 is 28.5 Å². The quantitative estimate of drug-likeness (QED) is 0.796. The number of pyridine rings is 2. The average Bonchev–Trinajstić information content (AvgIpc) is 2.58. The third-order valence-electron chi connectivity index (χ3n) is 3.91. The highest BCUT2D eigenvalue weighted by Crippen LogP contribution is 2.16. The van der Waals surface area contributed by atoms with Crippen molar-refractivity contribution in [2.45, 2.75) is 13.0 Å². The van der Waals surface area contributed by atoms with Gasteiger partial charge >= 0.3 is 0 Å². The number of carbonyl (C=O) groups excluding carboxylic acids is 1. The number of carbonyl (C=O) groups is 1. The van der Waals surface area contributed by atoms with Crippen LogP contribution in [0.2, 0.25) is 5.02 Å². The third-order valence-corrected chi connectivity index (χ3v) is 4.16. The van der Waals surface area contributed by atoms with Gasteiger partial charge in [-0.25, -0.2) is 0 Å². The summed E-state index contributed by atoms with van der Waals surface area (Å²) in [5.74, 6) is -0.425. The summed E-state index contributed by atoms with van der Waals surface area (Å²) in [5.41, 5.74) is 1.58. The van der Waals surface area contributed by atoms with Crippen molar-refractivity contribution < 1.29 is 4.79 Å². The van der Waals surface area contributed by atoms with Crippen LogP contribution >= 0.6 is 11.6 Å². The highest BCUT2D eigenvalue weighted by atomic mass is 35.5. The molecular weight excluding hydrogens is 326 g/mol. The Kier molecular flexibility index (Phi) is 4.36. The summed E-state index contributed by atoms with van der Waals surface area (Å²) >= 11 is 5.87. The fourth-order valence-electron chi connectivity index (χ4n) is 2.58. The molecule has 1 atom stereocenters. The molecule has 0 fully saturated rings. The molecule has 5 nitrogen and oxygen atoms in total. The van der Waals surface area contributed by atoms with Crippen LogP contribution in [0.5, 0.6) is 0 Å². The van der Waals surface area contributed by atoms with E-state index in [2.05, 4.69) is 10.3 Å². The van der Waals surface area contributed by atoms with Gasteiger partial charge in [-0.3, -0.25) is 14.6 Å². The minimum Gasteiger partial charge on any atom is -0.348 e. The molecule has 0 aliphatic carbocycles. The maximum absolute atomic E-state index is 12.5. The van der Waals surface area contributed by atoms with Crippen LogP contribution in [-0.2, 0) is 7.05 Å². The zero-order chi connectivity index (χ0) is 17.3. The van der Waals surface area contributed by atoms with E-state index in [1.165, 1.54) is 6.20 Å². The molecule has 2 heterocycles. The molecule has 1 amide bonds. The van der Waals surface area contributed by atoms with Crippen molar-refractivity contribution in [2.75, 3.05) is 0 Å². The number of nitrogens with zero attached hydrogens (tertiary/aromatic N) is 2. The summed E-state index contributed by atoms with van der Waals surface area (Å²) in [6.07, 6.45) is 3.08. The highest BCUT2D eigenvalue weighted by molar-refractivity contribution is 6.30. The minimum atomic E-state index is -0.425. The second-order valence-corrected chi connectivity index (χ2v) is 6.04. The molecule has 1 aromatic carbocycles. The fourth-order valence-corrected chi connectivity index (χ4v) is 2.70. The normalized spacial score (nSPS) is 12.1. The molecule has 0 spiro atoms. The van der Waals surface area contributed by atoms with Crippen molar-refractivity contribution in [2.24, 2.45) is 7.05 Å². The van der Waals surface area contributed by atoms with Gasteiger partial charge in [0.2, 0.25) is 5.43 Å². The van der Waals surface area contributed by atoms with E-state index in [9.17, 15) is 9.59 Å². The van der Waals surface area contributed by atoms with Gasteiger partial charge in [0.1, 0.15) is 11.1 Å². The molecule has 3 rings (SSSR count). The van der Waals surface area contributed by atoms with Gasteiger partial charge < -0.3 is 9.88 Å². The predicted molar refractivity (Wildman–Crippen MR) is 94.3 cm³/mol. The number of halogens is 1. The van der Waals surface area contributed by atoms with Crippen LogP contribution in [0.25, 0.3) is 11.0 Å². The summed E-state index contributed by atoms with van der Waals surface area (Å²) in [5, 5.41) is 3.47. The first kappa shape index (κ1) is 16.2. The minimum absolute atomic E-state index is 0.0736. The number of rotatable bonds is 3. The molecule has 0 aliphatic rings. The maximum Gasteiger partial charge on any atom is 0.257 e. The van der Waals surface area contributed by atoms with Gasteiger partial charge in [0.25, 0.3) is 5.91 Å². The zero-order valence-corrected chi connectivity index (χ0v) is 14.0. The molecule has 3 aromatic rings. The molecule has 0 bridgehead atoms. The largest absolute Gasteiger partial charge is 0.348 e. The summed E-state index contributed by atoms with van der Waals surface area (Å²) in [6.45, 7) is 1.85. The lowest BCUT2D eigenvalue weighted by Crippen LogP contribution is -2.31. The lowest BCUT2D eigenvalue weighted by molar-refractivity contribution is 0.0938. The number of nitrogens with one attached hydrogen (secondary N) is 1. The molecule has 6 heteroatoms. The van der Waals surface area contributed by atoms with Gasteiger partial charge in [0.05, 0.1) is 11.6 Å². The van der Waals surface area contributed by atoms with Crippen LogP contribution in [-0.4, -0.2) is 15.5 Å². The smallest absolute Gasteiger partial charge is 0.257 e. The summed E-state index contributed by atoms with van der Waals surface area (Å²) in [7, 11) is 1.78. The van der Waals surface area contributed by atoms with Crippen LogP contribution < -0.4 is 10.7 Å². The second-order valence-electron chi connectivity index (χ2n) is 5.60. The van der Waals surface area contributed by atoms with Crippen molar-refractivity contribution in [3.05, 3.63) is 75.2 Å². The highest BCUT2D eigenvalue weighted by Gasteiger charge is 2.17. The van der Waals surface area contributed by atoms with Crippen LogP contribution in [0.15, 0.2) is 53.6 Å². The Hall–Kier alpha value is -2.66. The number of hydrogen-bond acceptors (Lipinski definition) is 3. The number of aromatic nitrogens is 2. The summed E-state index contributed by atoms with van der Waals surface area (Å²) in [6, 6.07) is 10.5. The van der Waals surface area contributed by atoms with E-state index >= 15 is 0 Å². The van der Waals surface area contributed by atoms with E-state index in [1.807, 2.05) is 19.1 Å².